The number of epoxide rings is 1. The molecule has 3 N–H and O–H groups in total. The number of carbonyl (C=O) groups is 1. The first-order valence-corrected chi connectivity index (χ1v) is 7.12. The first kappa shape index (κ1) is 14.1. The first-order chi connectivity index (χ1) is 9.97. The van der Waals surface area contributed by atoms with Crippen LogP contribution in [0.4, 0.5) is 0 Å². The minimum Gasteiger partial charge on any atom is -0.456 e. The molecular formula is C16H20N2O3. The van der Waals surface area contributed by atoms with E-state index in [9.17, 15) is 4.79 Å². The third kappa shape index (κ3) is 2.94. The fourth-order valence-corrected chi connectivity index (χ4v) is 2.47. The van der Waals surface area contributed by atoms with Gasteiger partial charge in [0, 0.05) is 23.5 Å². The van der Waals surface area contributed by atoms with Crippen LogP contribution in [-0.2, 0) is 20.7 Å². The van der Waals surface area contributed by atoms with Crippen molar-refractivity contribution >= 4 is 16.9 Å². The Morgan fingerprint density at radius 3 is 2.95 bits per heavy atom. The van der Waals surface area contributed by atoms with Crippen molar-refractivity contribution in [2.24, 2.45) is 5.73 Å². The van der Waals surface area contributed by atoms with Crippen molar-refractivity contribution in [2.75, 3.05) is 6.61 Å². The maximum atomic E-state index is 12.1. The molecule has 2 aromatic rings. The molecule has 2 heterocycles. The lowest BCUT2D eigenvalue weighted by Gasteiger charge is -2.24. The second-order valence-corrected chi connectivity index (χ2v) is 6.02. The molecule has 0 spiro atoms. The van der Waals surface area contributed by atoms with Gasteiger partial charge in [0.1, 0.15) is 17.7 Å². The highest BCUT2D eigenvalue weighted by Gasteiger charge is 2.43. The molecule has 21 heavy (non-hydrogen) atoms. The lowest BCUT2D eigenvalue weighted by Crippen LogP contribution is -2.42. The molecule has 1 saturated heterocycles. The summed E-state index contributed by atoms with van der Waals surface area (Å²) in [5.41, 5.74) is 7.45. The zero-order valence-corrected chi connectivity index (χ0v) is 12.3. The van der Waals surface area contributed by atoms with Crippen LogP contribution in [0.2, 0.25) is 0 Å². The van der Waals surface area contributed by atoms with Gasteiger partial charge in [-0.3, -0.25) is 4.79 Å². The molecule has 1 aromatic heterocycles. The average Bonchev–Trinajstić information content (AvgIpc) is 3.23. The smallest absolute Gasteiger partial charge is 0.323 e. The molecule has 5 heteroatoms. The molecule has 1 fully saturated rings. The van der Waals surface area contributed by atoms with Crippen molar-refractivity contribution in [3.8, 4) is 0 Å². The molecule has 1 unspecified atom stereocenters. The molecule has 1 aliphatic heterocycles. The number of H-pyrrole nitrogens is 1. The summed E-state index contributed by atoms with van der Waals surface area (Å²) in [5, 5.41) is 1.09. The number of benzene rings is 1. The molecule has 0 aliphatic carbocycles. The number of nitrogens with two attached hydrogens (primary N) is 1. The van der Waals surface area contributed by atoms with Crippen molar-refractivity contribution in [3.63, 3.8) is 0 Å². The van der Waals surface area contributed by atoms with Gasteiger partial charge in [0.15, 0.2) is 0 Å². The van der Waals surface area contributed by atoms with Crippen molar-refractivity contribution in [2.45, 2.75) is 38.0 Å². The van der Waals surface area contributed by atoms with Crippen LogP contribution in [0.3, 0.4) is 0 Å². The van der Waals surface area contributed by atoms with E-state index in [-0.39, 0.29) is 12.1 Å². The van der Waals surface area contributed by atoms with E-state index < -0.39 is 11.6 Å². The number of hydrogen-bond acceptors (Lipinski definition) is 4. The second kappa shape index (κ2) is 5.16. The Morgan fingerprint density at radius 1 is 1.52 bits per heavy atom. The number of ether oxygens (including phenoxy) is 2. The number of aromatic amines is 1. The van der Waals surface area contributed by atoms with Crippen LogP contribution < -0.4 is 5.73 Å². The van der Waals surface area contributed by atoms with Gasteiger partial charge < -0.3 is 20.2 Å². The van der Waals surface area contributed by atoms with Crippen molar-refractivity contribution in [3.05, 3.63) is 36.0 Å². The average molecular weight is 288 g/mol. The van der Waals surface area contributed by atoms with Gasteiger partial charge in [-0.1, -0.05) is 18.2 Å². The number of esters is 1. The Morgan fingerprint density at radius 2 is 2.24 bits per heavy atom. The summed E-state index contributed by atoms with van der Waals surface area (Å²) in [4.78, 5) is 15.3. The van der Waals surface area contributed by atoms with Gasteiger partial charge in [-0.15, -0.1) is 0 Å². The minimum absolute atomic E-state index is 0.0123. The monoisotopic (exact) mass is 288 g/mol. The topological polar surface area (TPSA) is 80.6 Å². The summed E-state index contributed by atoms with van der Waals surface area (Å²) in [6.45, 7) is 4.33. The summed E-state index contributed by atoms with van der Waals surface area (Å²) in [6.07, 6.45) is 2.33. The maximum absolute atomic E-state index is 12.1. The normalized spacial score (nSPS) is 19.5. The molecule has 0 radical (unpaired) electrons. The second-order valence-electron chi connectivity index (χ2n) is 6.02. The van der Waals surface area contributed by atoms with E-state index in [1.54, 1.807) is 0 Å². The van der Waals surface area contributed by atoms with E-state index in [1.165, 1.54) is 0 Å². The largest absolute Gasteiger partial charge is 0.456 e. The van der Waals surface area contributed by atoms with Gasteiger partial charge in [0.05, 0.1) is 6.61 Å². The van der Waals surface area contributed by atoms with Gasteiger partial charge in [-0.25, -0.2) is 0 Å². The van der Waals surface area contributed by atoms with E-state index >= 15 is 0 Å². The Labute approximate surface area is 123 Å². The highest BCUT2D eigenvalue weighted by Crippen LogP contribution is 2.28. The predicted octanol–water partition coefficient (Wildman–Crippen LogP) is 1.76. The molecule has 2 atom stereocenters. The number of para-hydroxylation sites is 1. The number of nitrogens with one attached hydrogen (secondary N) is 1. The van der Waals surface area contributed by atoms with Gasteiger partial charge in [-0.2, -0.15) is 0 Å². The Bertz CT molecular complexity index is 658. The number of rotatable bonds is 5. The number of aromatic nitrogens is 1. The minimum atomic E-state index is -0.678. The molecule has 1 aliphatic rings. The molecule has 3 rings (SSSR count). The molecule has 1 aromatic carbocycles. The van der Waals surface area contributed by atoms with E-state index in [0.29, 0.717) is 13.0 Å². The van der Waals surface area contributed by atoms with Crippen LogP contribution in [0.5, 0.6) is 0 Å². The van der Waals surface area contributed by atoms with Crippen LogP contribution in [0.25, 0.3) is 10.9 Å². The summed E-state index contributed by atoms with van der Waals surface area (Å²) in [7, 11) is 0. The van der Waals surface area contributed by atoms with Gasteiger partial charge in [0.25, 0.3) is 0 Å². The van der Waals surface area contributed by atoms with E-state index in [4.69, 9.17) is 15.2 Å². The lowest BCUT2D eigenvalue weighted by atomic mass is 10.0. The molecule has 5 nitrogen and oxygen atoms in total. The van der Waals surface area contributed by atoms with Crippen LogP contribution in [0.15, 0.2) is 30.5 Å². The number of hydrogen-bond donors (Lipinski definition) is 2. The molecule has 112 valence electrons. The lowest BCUT2D eigenvalue weighted by molar-refractivity contribution is -0.159. The van der Waals surface area contributed by atoms with Crippen LogP contribution in [-0.4, -0.2) is 35.3 Å². The highest BCUT2D eigenvalue weighted by atomic mass is 16.6. The summed E-state index contributed by atoms with van der Waals surface area (Å²) in [6, 6.07) is 7.27. The number of carbonyl (C=O) groups excluding carboxylic acids is 1. The third-order valence-corrected chi connectivity index (χ3v) is 3.89. The van der Waals surface area contributed by atoms with E-state index in [2.05, 4.69) is 4.98 Å². The van der Waals surface area contributed by atoms with E-state index in [1.807, 2.05) is 44.3 Å². The highest BCUT2D eigenvalue weighted by molar-refractivity contribution is 5.84. The van der Waals surface area contributed by atoms with Crippen molar-refractivity contribution in [1.82, 2.24) is 4.98 Å². The number of fused-ring (bicyclic) bond motifs is 1. The van der Waals surface area contributed by atoms with Gasteiger partial charge in [-0.05, 0) is 25.5 Å². The van der Waals surface area contributed by atoms with Crippen molar-refractivity contribution < 1.29 is 14.3 Å². The molecular weight excluding hydrogens is 268 g/mol. The summed E-state index contributed by atoms with van der Waals surface area (Å²) >= 11 is 0. The van der Waals surface area contributed by atoms with Crippen LogP contribution in [0, 0.1) is 0 Å². The van der Waals surface area contributed by atoms with Gasteiger partial charge >= 0.3 is 5.97 Å². The fraction of sp³-hybridized carbons (Fsp3) is 0.438. The van der Waals surface area contributed by atoms with Gasteiger partial charge in [0.2, 0.25) is 0 Å². The maximum Gasteiger partial charge on any atom is 0.323 e. The first-order valence-electron chi connectivity index (χ1n) is 7.12. The zero-order chi connectivity index (χ0) is 15.0. The summed E-state index contributed by atoms with van der Waals surface area (Å²) in [5.74, 6) is -0.388. The molecule has 0 bridgehead atoms. The van der Waals surface area contributed by atoms with E-state index in [0.717, 1.165) is 16.5 Å². The van der Waals surface area contributed by atoms with Crippen molar-refractivity contribution in [1.29, 1.82) is 0 Å². The molecule has 0 saturated carbocycles. The summed E-state index contributed by atoms with van der Waals surface area (Å²) < 4.78 is 10.7. The quantitative estimate of drug-likeness (QED) is 0.649. The fourth-order valence-electron chi connectivity index (χ4n) is 2.47. The predicted molar refractivity (Wildman–Crippen MR) is 79.9 cm³/mol. The SMILES string of the molecule is CC(C)(OC(=O)[C@@H](N)Cc1c[nH]c2ccccc12)C1CO1. The van der Waals surface area contributed by atoms with Crippen LogP contribution >= 0.6 is 0 Å². The standard InChI is InChI=1S/C16H20N2O3/c1-16(2,14-9-20-14)21-15(19)12(17)7-10-8-18-13-6-4-3-5-11(10)13/h3-6,8,12,14,18H,7,9,17H2,1-2H3/t12-,14?/m0/s1. The zero-order valence-electron chi connectivity index (χ0n) is 12.3. The molecule has 0 amide bonds. The Hall–Kier alpha value is -1.85. The Kier molecular flexibility index (Phi) is 3.47. The Balaban J connectivity index is 1.68. The van der Waals surface area contributed by atoms with Crippen LogP contribution in [0.1, 0.15) is 19.4 Å². The third-order valence-electron chi connectivity index (χ3n) is 3.89.